The minimum absolute atomic E-state index is 0.0972. The number of carbonyl (C=O) groups excluding carboxylic acids is 4. The van der Waals surface area contributed by atoms with Gasteiger partial charge in [0.05, 0.1) is 12.1 Å². The van der Waals surface area contributed by atoms with Crippen LogP contribution in [0.2, 0.25) is 0 Å². The fourth-order valence-electron chi connectivity index (χ4n) is 10.5. The molecule has 4 aliphatic carbocycles. The monoisotopic (exact) mass is 702 g/mol. The molecular weight excluding hydrogens is 656 g/mol. The van der Waals surface area contributed by atoms with Gasteiger partial charge in [-0.15, -0.1) is 8.57 Å². The van der Waals surface area contributed by atoms with Crippen LogP contribution < -0.4 is 10.6 Å². The van der Waals surface area contributed by atoms with E-state index in [9.17, 15) is 27.6 Å². The van der Waals surface area contributed by atoms with E-state index in [4.69, 9.17) is 8.57 Å². The molecule has 0 aromatic rings. The lowest BCUT2D eigenvalue weighted by atomic mass is 9.60. The number of likely N-dealkylation sites (tertiary alicyclic amines) is 2. The molecule has 17 heteroatoms. The molecule has 4 unspecified atom stereocenters. The van der Waals surface area contributed by atoms with Crippen LogP contribution in [0.4, 0.5) is 9.59 Å². The van der Waals surface area contributed by atoms with Crippen molar-refractivity contribution in [3.05, 3.63) is 0 Å². The van der Waals surface area contributed by atoms with E-state index in [1.54, 1.807) is 0 Å². The Morgan fingerprint density at radius 1 is 0.592 bits per heavy atom. The average molecular weight is 703 g/mol. The van der Waals surface area contributed by atoms with E-state index >= 15 is 0 Å². The number of hydrogen-bond donors (Lipinski definition) is 2. The minimum atomic E-state index is -4.88. The van der Waals surface area contributed by atoms with Crippen LogP contribution in [-0.2, 0) is 28.6 Å². The van der Waals surface area contributed by atoms with Gasteiger partial charge in [0.1, 0.15) is 12.1 Å². The van der Waals surface area contributed by atoms with E-state index in [2.05, 4.69) is 20.4 Å². The van der Waals surface area contributed by atoms with Gasteiger partial charge < -0.3 is 20.4 Å². The molecule has 4 bridgehead atoms. The topological polar surface area (TPSA) is 164 Å². The van der Waals surface area contributed by atoms with Gasteiger partial charge in [0.2, 0.25) is 11.8 Å². The molecule has 6 heterocycles. The quantitative estimate of drug-likeness (QED) is 0.320. The van der Waals surface area contributed by atoms with Crippen LogP contribution in [0.3, 0.4) is 0 Å². The average Bonchev–Trinajstić information content (AvgIpc) is 3.93. The molecule has 10 aliphatic rings. The SMILES string of the molecule is O=C(NC1CC2(C1)CN(C1CC1)C2)C1CCC2CN1C(=O)N2OS(=O)(=O)ON1C(=O)N2CC1CCC2C(=O)NC1CC2(C1)CN(C1CC1)C2. The van der Waals surface area contributed by atoms with Crippen LogP contribution in [0.25, 0.3) is 0 Å². The number of carbonyl (C=O) groups is 4. The van der Waals surface area contributed by atoms with Gasteiger partial charge in [-0.05, 0) is 87.9 Å². The summed E-state index contributed by atoms with van der Waals surface area (Å²) < 4.78 is 36.6. The maximum atomic E-state index is 13.3. The molecule has 4 atom stereocenters. The summed E-state index contributed by atoms with van der Waals surface area (Å²) in [5.41, 5.74) is 0.654. The molecule has 0 radical (unpaired) electrons. The molecule has 49 heavy (non-hydrogen) atoms. The maximum Gasteiger partial charge on any atom is 0.442 e. The third kappa shape index (κ3) is 5.23. The summed E-state index contributed by atoms with van der Waals surface area (Å²) in [7, 11) is -4.88. The number of nitrogens with zero attached hydrogens (tertiary/aromatic N) is 6. The fourth-order valence-corrected chi connectivity index (χ4v) is 11.3. The van der Waals surface area contributed by atoms with Gasteiger partial charge in [0, 0.05) is 63.4 Å². The summed E-state index contributed by atoms with van der Waals surface area (Å²) in [6.07, 6.45) is 10.6. The molecule has 6 saturated heterocycles. The van der Waals surface area contributed by atoms with E-state index in [1.807, 2.05) is 0 Å². The summed E-state index contributed by atoms with van der Waals surface area (Å²) in [6.45, 7) is 4.77. The fraction of sp³-hybridized carbons (Fsp3) is 0.875. The lowest BCUT2D eigenvalue weighted by Gasteiger charge is -2.59. The number of urea groups is 2. The largest absolute Gasteiger partial charge is 0.442 e. The predicted molar refractivity (Wildman–Crippen MR) is 169 cm³/mol. The normalized spacial score (nSPS) is 36.4. The molecule has 2 N–H and O–H groups in total. The summed E-state index contributed by atoms with van der Waals surface area (Å²) >= 11 is 0. The first-order valence-corrected chi connectivity index (χ1v) is 19.7. The Balaban J connectivity index is 0.705. The van der Waals surface area contributed by atoms with E-state index in [-0.39, 0.29) is 37.0 Å². The molecule has 4 saturated carbocycles. The number of hydroxylamine groups is 4. The van der Waals surface area contributed by atoms with Gasteiger partial charge in [-0.2, -0.15) is 18.5 Å². The van der Waals surface area contributed by atoms with Crippen molar-refractivity contribution in [3.63, 3.8) is 0 Å². The van der Waals surface area contributed by atoms with Crippen LogP contribution in [0.1, 0.15) is 77.0 Å². The third-order valence-electron chi connectivity index (χ3n) is 13.3. The molecule has 0 aromatic carbocycles. The number of amides is 6. The second-order valence-corrected chi connectivity index (χ2v) is 18.2. The van der Waals surface area contributed by atoms with Crippen molar-refractivity contribution in [1.82, 2.24) is 40.4 Å². The highest BCUT2D eigenvalue weighted by atomic mass is 32.3. The summed E-state index contributed by atoms with van der Waals surface area (Å²) in [6, 6.07) is -2.25. The number of fused-ring (bicyclic) bond motifs is 4. The van der Waals surface area contributed by atoms with E-state index in [0.717, 1.165) is 74.1 Å². The molecular formula is C32H46N8O8S. The Hall–Kier alpha value is -2.73. The first kappa shape index (κ1) is 31.0. The van der Waals surface area contributed by atoms with Crippen LogP contribution in [0, 0.1) is 10.8 Å². The lowest BCUT2D eigenvalue weighted by Crippen LogP contribution is -2.67. The summed E-state index contributed by atoms with van der Waals surface area (Å²) in [4.78, 5) is 60.9. The summed E-state index contributed by atoms with van der Waals surface area (Å²) in [5.74, 6) is -0.428. The zero-order valence-electron chi connectivity index (χ0n) is 27.7. The van der Waals surface area contributed by atoms with Crippen LogP contribution in [0.5, 0.6) is 0 Å². The first-order chi connectivity index (χ1) is 23.5. The van der Waals surface area contributed by atoms with E-state index < -0.39 is 46.6 Å². The van der Waals surface area contributed by atoms with Crippen LogP contribution in [0.15, 0.2) is 0 Å². The smallest absolute Gasteiger partial charge is 0.352 e. The number of piperidine rings is 2. The molecule has 6 amide bonds. The second kappa shape index (κ2) is 10.7. The van der Waals surface area contributed by atoms with Gasteiger partial charge in [-0.1, -0.05) is 0 Å². The minimum Gasteiger partial charge on any atom is -0.352 e. The zero-order valence-corrected chi connectivity index (χ0v) is 28.5. The van der Waals surface area contributed by atoms with Crippen molar-refractivity contribution in [1.29, 1.82) is 0 Å². The number of hydrogen-bond acceptors (Lipinski definition) is 10. The van der Waals surface area contributed by atoms with Crippen molar-refractivity contribution in [2.75, 3.05) is 39.3 Å². The standard InChI is InChI=1S/C32H46N8O8S/c41-27(33-19-9-31(10-19)15-35(16-31)21-1-2-21)25-7-5-23-13-37(25)29(43)39(23)47-49(45,46)48-40-24-6-8-26(38(14-24)30(40)44)28(42)34-20-11-32(12-20)17-36(18-32)22-3-4-22/h19-26H,1-18H2,(H,33,41)(H,34,42). The highest BCUT2D eigenvalue weighted by molar-refractivity contribution is 7.81. The Morgan fingerprint density at radius 2 is 0.959 bits per heavy atom. The Kier molecular flexibility index (Phi) is 6.75. The van der Waals surface area contributed by atoms with Gasteiger partial charge in [-0.25, -0.2) is 9.59 Å². The van der Waals surface area contributed by atoms with Crippen molar-refractivity contribution in [2.45, 2.75) is 125 Å². The maximum absolute atomic E-state index is 13.3. The van der Waals surface area contributed by atoms with Gasteiger partial charge in [-0.3, -0.25) is 19.4 Å². The summed E-state index contributed by atoms with van der Waals surface area (Å²) in [5, 5.41) is 7.78. The first-order valence-electron chi connectivity index (χ1n) is 18.4. The highest BCUT2D eigenvalue weighted by Crippen LogP contribution is 2.52. The number of rotatable bonds is 10. The predicted octanol–water partition coefficient (Wildman–Crippen LogP) is 0.118. The van der Waals surface area contributed by atoms with Gasteiger partial charge in [0.25, 0.3) is 0 Å². The van der Waals surface area contributed by atoms with Crippen LogP contribution in [-0.4, -0.2) is 150 Å². The van der Waals surface area contributed by atoms with E-state index in [0.29, 0.717) is 36.5 Å². The number of nitrogens with one attached hydrogen (secondary N) is 2. The van der Waals surface area contributed by atoms with Gasteiger partial charge >= 0.3 is 22.5 Å². The Bertz CT molecular complexity index is 1450. The van der Waals surface area contributed by atoms with Gasteiger partial charge in [0.15, 0.2) is 0 Å². The molecule has 10 rings (SSSR count). The van der Waals surface area contributed by atoms with Crippen molar-refractivity contribution < 1.29 is 36.2 Å². The van der Waals surface area contributed by atoms with Crippen molar-refractivity contribution in [2.24, 2.45) is 10.8 Å². The molecule has 0 aromatic heterocycles. The lowest BCUT2D eigenvalue weighted by molar-refractivity contribution is -0.133. The Labute approximate surface area is 285 Å². The zero-order chi connectivity index (χ0) is 33.4. The van der Waals surface area contributed by atoms with E-state index in [1.165, 1.54) is 35.5 Å². The molecule has 10 fully saturated rings. The molecule has 16 nitrogen and oxygen atoms in total. The van der Waals surface area contributed by atoms with Crippen molar-refractivity contribution in [3.8, 4) is 0 Å². The molecule has 2 spiro atoms. The van der Waals surface area contributed by atoms with Crippen molar-refractivity contribution >= 4 is 34.3 Å². The van der Waals surface area contributed by atoms with Crippen LogP contribution >= 0.6 is 0 Å². The Morgan fingerprint density at radius 3 is 1.33 bits per heavy atom. The molecule has 268 valence electrons. The molecule has 6 aliphatic heterocycles. The second-order valence-electron chi connectivity index (χ2n) is 17.1. The highest BCUT2D eigenvalue weighted by Gasteiger charge is 2.58. The third-order valence-corrected chi connectivity index (χ3v) is 14.0.